The molecule has 0 spiro atoms. The Morgan fingerprint density at radius 2 is 1.85 bits per heavy atom. The van der Waals surface area contributed by atoms with Crippen molar-refractivity contribution in [3.05, 3.63) is 34.9 Å². The zero-order valence-electron chi connectivity index (χ0n) is 11.6. The minimum Gasteiger partial charge on any atom is -0.351 e. The third-order valence-electron chi connectivity index (χ3n) is 2.70. The van der Waals surface area contributed by atoms with Crippen LogP contribution in [0.2, 0.25) is 5.02 Å². The van der Waals surface area contributed by atoms with Crippen LogP contribution in [0.15, 0.2) is 24.3 Å². The van der Waals surface area contributed by atoms with Crippen LogP contribution < -0.4 is 5.32 Å². The van der Waals surface area contributed by atoms with E-state index in [-0.39, 0.29) is 19.0 Å². The summed E-state index contributed by atoms with van der Waals surface area (Å²) in [7, 11) is -3.23. The van der Waals surface area contributed by atoms with Crippen molar-refractivity contribution in [1.29, 1.82) is 0 Å². The maximum absolute atomic E-state index is 11.8. The zero-order chi connectivity index (χ0) is 15.2. The molecule has 0 bridgehead atoms. The maximum atomic E-state index is 11.8. The van der Waals surface area contributed by atoms with Gasteiger partial charge in [-0.25, -0.2) is 12.7 Å². The van der Waals surface area contributed by atoms with Gasteiger partial charge < -0.3 is 5.32 Å². The molecule has 0 atom stereocenters. The average molecular weight is 319 g/mol. The predicted molar refractivity (Wildman–Crippen MR) is 80.5 cm³/mol. The van der Waals surface area contributed by atoms with Crippen molar-refractivity contribution in [3.63, 3.8) is 0 Å². The van der Waals surface area contributed by atoms with Crippen molar-refractivity contribution < 1.29 is 13.2 Å². The molecule has 1 aromatic carbocycles. The molecule has 0 aliphatic heterocycles. The van der Waals surface area contributed by atoms with Crippen molar-refractivity contribution in [2.45, 2.75) is 13.3 Å². The molecule has 0 unspecified atom stereocenters. The molecule has 1 aromatic rings. The van der Waals surface area contributed by atoms with Gasteiger partial charge in [0.1, 0.15) is 0 Å². The normalized spacial score (nSPS) is 11.6. The van der Waals surface area contributed by atoms with Crippen LogP contribution in [0, 0.1) is 0 Å². The van der Waals surface area contributed by atoms with E-state index in [9.17, 15) is 13.2 Å². The van der Waals surface area contributed by atoms with Crippen molar-refractivity contribution in [3.8, 4) is 0 Å². The van der Waals surface area contributed by atoms with Gasteiger partial charge in [-0.15, -0.1) is 0 Å². The molecular weight excluding hydrogens is 300 g/mol. The molecule has 0 aliphatic carbocycles. The number of carbonyl (C=O) groups excluding carboxylic acids is 1. The van der Waals surface area contributed by atoms with E-state index in [1.54, 1.807) is 24.3 Å². The standard InChI is InChI=1S/C13H19ClN2O3S/c1-3-9-16(20(2,18)19)10-8-15-13(17)11-4-6-12(14)7-5-11/h4-7H,3,8-10H2,1-2H3,(H,15,17). The number of sulfonamides is 1. The highest BCUT2D eigenvalue weighted by atomic mass is 35.5. The SMILES string of the molecule is CCCN(CCNC(=O)c1ccc(Cl)cc1)S(C)(=O)=O. The van der Waals surface area contributed by atoms with Gasteiger partial charge >= 0.3 is 0 Å². The number of hydrogen-bond donors (Lipinski definition) is 1. The van der Waals surface area contributed by atoms with Crippen LogP contribution in [0.4, 0.5) is 0 Å². The van der Waals surface area contributed by atoms with Gasteiger partial charge in [-0.1, -0.05) is 18.5 Å². The summed E-state index contributed by atoms with van der Waals surface area (Å²) in [5.41, 5.74) is 0.496. The van der Waals surface area contributed by atoms with Gasteiger partial charge in [0.25, 0.3) is 5.91 Å². The smallest absolute Gasteiger partial charge is 0.251 e. The first-order valence-corrected chi connectivity index (χ1v) is 8.56. The minimum absolute atomic E-state index is 0.244. The number of hydrogen-bond acceptors (Lipinski definition) is 3. The molecule has 0 aliphatic rings. The number of carbonyl (C=O) groups is 1. The number of rotatable bonds is 7. The Bertz CT molecular complexity index is 543. The van der Waals surface area contributed by atoms with Crippen molar-refractivity contribution in [1.82, 2.24) is 9.62 Å². The highest BCUT2D eigenvalue weighted by Gasteiger charge is 2.15. The highest BCUT2D eigenvalue weighted by Crippen LogP contribution is 2.09. The molecule has 7 heteroatoms. The quantitative estimate of drug-likeness (QED) is 0.832. The van der Waals surface area contributed by atoms with E-state index in [4.69, 9.17) is 11.6 Å². The van der Waals surface area contributed by atoms with Gasteiger partial charge in [0.15, 0.2) is 0 Å². The molecule has 20 heavy (non-hydrogen) atoms. The molecule has 1 N–H and O–H groups in total. The summed E-state index contributed by atoms with van der Waals surface area (Å²) in [6, 6.07) is 6.52. The van der Waals surface area contributed by atoms with Crippen LogP contribution >= 0.6 is 11.6 Å². The van der Waals surface area contributed by atoms with Gasteiger partial charge in [-0.05, 0) is 30.7 Å². The first-order chi connectivity index (χ1) is 9.34. The second-order valence-corrected chi connectivity index (χ2v) is 6.84. The molecule has 112 valence electrons. The maximum Gasteiger partial charge on any atom is 0.251 e. The number of nitrogens with zero attached hydrogens (tertiary/aromatic N) is 1. The lowest BCUT2D eigenvalue weighted by Crippen LogP contribution is -2.38. The Kier molecular flexibility index (Phi) is 6.45. The molecule has 0 saturated heterocycles. The molecule has 0 saturated carbocycles. The van der Waals surface area contributed by atoms with Gasteiger partial charge in [0.05, 0.1) is 6.26 Å². The third kappa shape index (κ3) is 5.48. The molecule has 1 rings (SSSR count). The van der Waals surface area contributed by atoms with Crippen LogP contribution in [-0.2, 0) is 10.0 Å². The van der Waals surface area contributed by atoms with Gasteiger partial charge in [0.2, 0.25) is 10.0 Å². The molecule has 1 amide bonds. The minimum atomic E-state index is -3.23. The van der Waals surface area contributed by atoms with E-state index < -0.39 is 10.0 Å². The Morgan fingerprint density at radius 1 is 1.25 bits per heavy atom. The van der Waals surface area contributed by atoms with E-state index in [2.05, 4.69) is 5.32 Å². The number of amides is 1. The first kappa shape index (κ1) is 16.9. The summed E-state index contributed by atoms with van der Waals surface area (Å²) in [5.74, 6) is -0.244. The van der Waals surface area contributed by atoms with Crippen LogP contribution in [0.3, 0.4) is 0 Å². The van der Waals surface area contributed by atoms with Crippen molar-refractivity contribution >= 4 is 27.5 Å². The summed E-state index contributed by atoms with van der Waals surface area (Å²) in [5, 5.41) is 3.25. The van der Waals surface area contributed by atoms with Crippen LogP contribution in [0.1, 0.15) is 23.7 Å². The van der Waals surface area contributed by atoms with E-state index in [1.807, 2.05) is 6.92 Å². The monoisotopic (exact) mass is 318 g/mol. The van der Waals surface area contributed by atoms with Crippen LogP contribution in [0.25, 0.3) is 0 Å². The molecule has 0 heterocycles. The van der Waals surface area contributed by atoms with E-state index in [0.29, 0.717) is 17.1 Å². The molecule has 0 fully saturated rings. The Balaban J connectivity index is 2.50. The molecular formula is C13H19ClN2O3S. The van der Waals surface area contributed by atoms with E-state index >= 15 is 0 Å². The first-order valence-electron chi connectivity index (χ1n) is 6.33. The Morgan fingerprint density at radius 3 is 2.35 bits per heavy atom. The van der Waals surface area contributed by atoms with Crippen molar-refractivity contribution in [2.24, 2.45) is 0 Å². The Labute approximate surface area is 125 Å². The fraction of sp³-hybridized carbons (Fsp3) is 0.462. The zero-order valence-corrected chi connectivity index (χ0v) is 13.2. The van der Waals surface area contributed by atoms with Gasteiger partial charge in [-0.3, -0.25) is 4.79 Å². The van der Waals surface area contributed by atoms with Crippen LogP contribution in [0.5, 0.6) is 0 Å². The summed E-state index contributed by atoms with van der Waals surface area (Å²) < 4.78 is 24.4. The summed E-state index contributed by atoms with van der Waals surface area (Å²) in [6.45, 7) is 2.90. The lowest BCUT2D eigenvalue weighted by atomic mass is 10.2. The lowest BCUT2D eigenvalue weighted by Gasteiger charge is -2.19. The molecule has 0 aromatic heterocycles. The largest absolute Gasteiger partial charge is 0.351 e. The number of benzene rings is 1. The topological polar surface area (TPSA) is 66.5 Å². The van der Waals surface area contributed by atoms with Gasteiger partial charge in [-0.2, -0.15) is 0 Å². The summed E-state index contributed by atoms with van der Waals surface area (Å²) in [4.78, 5) is 11.8. The van der Waals surface area contributed by atoms with E-state index in [0.717, 1.165) is 6.42 Å². The van der Waals surface area contributed by atoms with Crippen molar-refractivity contribution in [2.75, 3.05) is 25.9 Å². The number of nitrogens with one attached hydrogen (secondary N) is 1. The lowest BCUT2D eigenvalue weighted by molar-refractivity contribution is 0.0951. The second kappa shape index (κ2) is 7.61. The average Bonchev–Trinajstić information content (AvgIpc) is 2.37. The predicted octanol–water partition coefficient (Wildman–Crippen LogP) is 1.74. The Hall–Kier alpha value is -1.11. The highest BCUT2D eigenvalue weighted by molar-refractivity contribution is 7.88. The summed E-state index contributed by atoms with van der Waals surface area (Å²) >= 11 is 5.74. The van der Waals surface area contributed by atoms with Crippen LogP contribution in [-0.4, -0.2) is 44.5 Å². The summed E-state index contributed by atoms with van der Waals surface area (Å²) in [6.07, 6.45) is 1.90. The third-order valence-corrected chi connectivity index (χ3v) is 4.25. The molecule has 0 radical (unpaired) electrons. The van der Waals surface area contributed by atoms with E-state index in [1.165, 1.54) is 10.6 Å². The number of halogens is 1. The fourth-order valence-corrected chi connectivity index (χ4v) is 2.75. The fourth-order valence-electron chi connectivity index (χ4n) is 1.69. The molecule has 5 nitrogen and oxygen atoms in total. The van der Waals surface area contributed by atoms with Gasteiger partial charge in [0, 0.05) is 30.2 Å². The second-order valence-electron chi connectivity index (χ2n) is 4.42.